The minimum Gasteiger partial charge on any atom is -0.477 e. The van der Waals surface area contributed by atoms with Crippen molar-refractivity contribution in [3.63, 3.8) is 0 Å². The van der Waals surface area contributed by atoms with Gasteiger partial charge in [0.2, 0.25) is 5.43 Å². The Hall–Kier alpha value is -2.81. The van der Waals surface area contributed by atoms with E-state index in [4.69, 9.17) is 0 Å². The lowest BCUT2D eigenvalue weighted by Gasteiger charge is -2.35. The molecule has 2 aromatic rings. The number of nitrogens with zero attached hydrogens (tertiary/aromatic N) is 4. The zero-order valence-corrected chi connectivity index (χ0v) is 15.5. The fourth-order valence-corrected chi connectivity index (χ4v) is 3.68. The van der Waals surface area contributed by atoms with Gasteiger partial charge >= 0.3 is 5.97 Å². The standard InChI is InChI=1S/C19H21FN4O4/c1-11(25)9-22-4-6-23(7-5-22)18-15(20)8-13-16(26)14(19(27)28)10-24(12-2-3-12)17(13)21-18/h8,10,12H,2-7,9H2,1H3,(H,27,28). The van der Waals surface area contributed by atoms with E-state index in [1.807, 2.05) is 4.90 Å². The van der Waals surface area contributed by atoms with Crippen LogP contribution in [0.5, 0.6) is 0 Å². The predicted octanol–water partition coefficient (Wildman–Crippen LogP) is 1.28. The SMILES string of the molecule is CC(=O)CN1CCN(c2nc3c(cc2F)c(=O)c(C(=O)O)cn3C2CC2)CC1. The molecule has 2 aliphatic rings. The van der Waals surface area contributed by atoms with E-state index in [1.165, 1.54) is 6.20 Å². The lowest BCUT2D eigenvalue weighted by atomic mass is 10.1. The molecule has 28 heavy (non-hydrogen) atoms. The molecular weight excluding hydrogens is 367 g/mol. The second-order valence-electron chi connectivity index (χ2n) is 7.45. The second kappa shape index (κ2) is 6.97. The van der Waals surface area contributed by atoms with E-state index in [1.54, 1.807) is 16.4 Å². The van der Waals surface area contributed by atoms with E-state index in [9.17, 15) is 23.9 Å². The number of pyridine rings is 2. The second-order valence-corrected chi connectivity index (χ2v) is 7.45. The van der Waals surface area contributed by atoms with E-state index < -0.39 is 17.2 Å². The first kappa shape index (κ1) is 18.5. The van der Waals surface area contributed by atoms with Gasteiger partial charge in [0, 0.05) is 38.4 Å². The number of rotatable bonds is 5. The van der Waals surface area contributed by atoms with Crippen LogP contribution in [0, 0.1) is 5.82 Å². The van der Waals surface area contributed by atoms with Gasteiger partial charge in [0.15, 0.2) is 11.6 Å². The first-order chi connectivity index (χ1) is 13.3. The van der Waals surface area contributed by atoms with Crippen LogP contribution in [-0.4, -0.2) is 64.0 Å². The number of carboxylic acids is 1. The number of Topliss-reactive ketones (excluding diaryl/α,β-unsaturated/α-hetero) is 1. The molecule has 2 aromatic heterocycles. The lowest BCUT2D eigenvalue weighted by Crippen LogP contribution is -2.48. The van der Waals surface area contributed by atoms with Crippen LogP contribution in [0.2, 0.25) is 0 Å². The Morgan fingerprint density at radius 2 is 1.93 bits per heavy atom. The van der Waals surface area contributed by atoms with Crippen LogP contribution in [0.15, 0.2) is 17.1 Å². The summed E-state index contributed by atoms with van der Waals surface area (Å²) in [6, 6.07) is 1.19. The van der Waals surface area contributed by atoms with E-state index in [2.05, 4.69) is 4.98 Å². The first-order valence-electron chi connectivity index (χ1n) is 9.30. The fourth-order valence-electron chi connectivity index (χ4n) is 3.68. The molecule has 0 atom stereocenters. The molecule has 3 heterocycles. The maximum absolute atomic E-state index is 14.8. The molecule has 0 aromatic carbocycles. The zero-order valence-electron chi connectivity index (χ0n) is 15.5. The quantitative estimate of drug-likeness (QED) is 0.824. The Morgan fingerprint density at radius 3 is 2.50 bits per heavy atom. The Balaban J connectivity index is 1.73. The molecule has 0 amide bonds. The number of anilines is 1. The van der Waals surface area contributed by atoms with Crippen LogP contribution in [0.1, 0.15) is 36.2 Å². The van der Waals surface area contributed by atoms with Crippen molar-refractivity contribution in [2.24, 2.45) is 0 Å². The smallest absolute Gasteiger partial charge is 0.341 e. The molecule has 9 heteroatoms. The number of ketones is 1. The number of piperazine rings is 1. The molecule has 0 unspecified atom stereocenters. The van der Waals surface area contributed by atoms with Crippen molar-refractivity contribution in [2.75, 3.05) is 37.6 Å². The highest BCUT2D eigenvalue weighted by Crippen LogP contribution is 2.37. The molecule has 1 saturated carbocycles. The average Bonchev–Trinajstić information content (AvgIpc) is 3.47. The number of carbonyl (C=O) groups is 2. The van der Waals surface area contributed by atoms with Crippen LogP contribution in [-0.2, 0) is 4.79 Å². The average molecular weight is 388 g/mol. The third-order valence-corrected chi connectivity index (χ3v) is 5.23. The number of fused-ring (bicyclic) bond motifs is 1. The lowest BCUT2D eigenvalue weighted by molar-refractivity contribution is -0.118. The van der Waals surface area contributed by atoms with E-state index in [-0.39, 0.29) is 28.6 Å². The molecule has 2 fully saturated rings. The van der Waals surface area contributed by atoms with Crippen LogP contribution in [0.3, 0.4) is 0 Å². The van der Waals surface area contributed by atoms with Crippen molar-refractivity contribution >= 4 is 28.6 Å². The molecule has 148 valence electrons. The van der Waals surface area contributed by atoms with Gasteiger partial charge in [-0.05, 0) is 25.8 Å². The highest BCUT2D eigenvalue weighted by atomic mass is 19.1. The van der Waals surface area contributed by atoms with Crippen molar-refractivity contribution in [1.82, 2.24) is 14.5 Å². The summed E-state index contributed by atoms with van der Waals surface area (Å²) in [5.74, 6) is -1.72. The highest BCUT2D eigenvalue weighted by Gasteiger charge is 2.29. The molecule has 1 saturated heterocycles. The van der Waals surface area contributed by atoms with Gasteiger partial charge in [-0.15, -0.1) is 0 Å². The van der Waals surface area contributed by atoms with Crippen LogP contribution >= 0.6 is 0 Å². The number of halogens is 1. The Morgan fingerprint density at radius 1 is 1.25 bits per heavy atom. The van der Waals surface area contributed by atoms with Gasteiger partial charge in [0.05, 0.1) is 11.9 Å². The topological polar surface area (TPSA) is 95.7 Å². The molecule has 1 aliphatic carbocycles. The summed E-state index contributed by atoms with van der Waals surface area (Å²) in [5.41, 5.74) is -0.769. The third-order valence-electron chi connectivity index (χ3n) is 5.23. The summed E-state index contributed by atoms with van der Waals surface area (Å²) in [6.45, 7) is 4.19. The molecular formula is C19H21FN4O4. The number of aromatic carboxylic acids is 1. The van der Waals surface area contributed by atoms with Gasteiger partial charge in [0.25, 0.3) is 0 Å². The molecule has 1 N–H and O–H groups in total. The molecule has 1 aliphatic heterocycles. The van der Waals surface area contributed by atoms with Gasteiger partial charge in [-0.25, -0.2) is 14.2 Å². The van der Waals surface area contributed by atoms with Crippen LogP contribution < -0.4 is 10.3 Å². The molecule has 0 bridgehead atoms. The zero-order chi connectivity index (χ0) is 20.0. The maximum atomic E-state index is 14.8. The molecule has 8 nitrogen and oxygen atoms in total. The summed E-state index contributed by atoms with van der Waals surface area (Å²) >= 11 is 0. The van der Waals surface area contributed by atoms with E-state index >= 15 is 0 Å². The summed E-state index contributed by atoms with van der Waals surface area (Å²) < 4.78 is 16.5. The molecule has 0 radical (unpaired) electrons. The summed E-state index contributed by atoms with van der Waals surface area (Å²) in [6.07, 6.45) is 3.06. The number of aromatic nitrogens is 2. The van der Waals surface area contributed by atoms with Crippen molar-refractivity contribution in [3.05, 3.63) is 33.9 Å². The van der Waals surface area contributed by atoms with Gasteiger partial charge in [-0.1, -0.05) is 0 Å². The van der Waals surface area contributed by atoms with Crippen LogP contribution in [0.25, 0.3) is 11.0 Å². The Bertz CT molecular complexity index is 1020. The minimum absolute atomic E-state index is 0.0109. The van der Waals surface area contributed by atoms with Crippen molar-refractivity contribution in [2.45, 2.75) is 25.8 Å². The maximum Gasteiger partial charge on any atom is 0.341 e. The van der Waals surface area contributed by atoms with Crippen molar-refractivity contribution in [1.29, 1.82) is 0 Å². The highest BCUT2D eigenvalue weighted by molar-refractivity contribution is 5.92. The van der Waals surface area contributed by atoms with E-state index in [0.29, 0.717) is 38.4 Å². The summed E-state index contributed by atoms with van der Waals surface area (Å²) in [4.78, 5) is 43.4. The van der Waals surface area contributed by atoms with Gasteiger partial charge < -0.3 is 14.6 Å². The number of carboxylic acid groups (broad SMARTS) is 1. The minimum atomic E-state index is -1.33. The largest absolute Gasteiger partial charge is 0.477 e. The summed E-state index contributed by atoms with van der Waals surface area (Å²) in [5, 5.41) is 9.29. The Labute approximate surface area is 160 Å². The number of hydrogen-bond donors (Lipinski definition) is 1. The third kappa shape index (κ3) is 3.37. The van der Waals surface area contributed by atoms with Crippen molar-refractivity contribution < 1.29 is 19.1 Å². The van der Waals surface area contributed by atoms with Crippen LogP contribution in [0.4, 0.5) is 10.2 Å². The molecule has 4 rings (SSSR count). The first-order valence-corrected chi connectivity index (χ1v) is 9.30. The monoisotopic (exact) mass is 388 g/mol. The summed E-state index contributed by atoms with van der Waals surface area (Å²) in [7, 11) is 0. The number of carbonyl (C=O) groups excluding carboxylic acids is 1. The Kier molecular flexibility index (Phi) is 4.62. The van der Waals surface area contributed by atoms with Gasteiger partial charge in [-0.2, -0.15) is 0 Å². The van der Waals surface area contributed by atoms with Crippen molar-refractivity contribution in [3.8, 4) is 0 Å². The predicted molar refractivity (Wildman–Crippen MR) is 101 cm³/mol. The number of hydrogen-bond acceptors (Lipinski definition) is 6. The normalized spacial score (nSPS) is 17.9. The van der Waals surface area contributed by atoms with Gasteiger partial charge in [0.1, 0.15) is 17.0 Å². The molecule has 0 spiro atoms. The van der Waals surface area contributed by atoms with Gasteiger partial charge in [-0.3, -0.25) is 14.5 Å². The van der Waals surface area contributed by atoms with E-state index in [0.717, 1.165) is 18.9 Å². The fraction of sp³-hybridized carbons (Fsp3) is 0.474.